The Morgan fingerprint density at radius 1 is 1.00 bits per heavy atom. The Kier molecular flexibility index (Phi) is 4.08. The van der Waals surface area contributed by atoms with Gasteiger partial charge in [0.15, 0.2) is 0 Å². The highest BCUT2D eigenvalue weighted by atomic mass is 79.9. The SMILES string of the molecule is CC(Nc1ccc(Cl)cc1)c1ccc(Br)cc1. The molecule has 0 bridgehead atoms. The molecular weight excluding hydrogens is 298 g/mol. The summed E-state index contributed by atoms with van der Waals surface area (Å²) in [7, 11) is 0. The summed E-state index contributed by atoms with van der Waals surface area (Å²) < 4.78 is 1.10. The third-order valence-corrected chi connectivity index (χ3v) is 3.38. The number of halogens is 2. The maximum Gasteiger partial charge on any atom is 0.0485 e. The predicted molar refractivity (Wildman–Crippen MR) is 77.6 cm³/mol. The number of rotatable bonds is 3. The molecule has 0 saturated heterocycles. The molecule has 0 saturated carbocycles. The smallest absolute Gasteiger partial charge is 0.0485 e. The molecule has 1 atom stereocenters. The Morgan fingerprint density at radius 3 is 2.18 bits per heavy atom. The fraction of sp³-hybridized carbons (Fsp3) is 0.143. The van der Waals surface area contributed by atoms with Crippen LogP contribution in [0.15, 0.2) is 53.0 Å². The standard InChI is InChI=1S/C14H13BrClN/c1-10(11-2-4-12(15)5-3-11)17-14-8-6-13(16)7-9-14/h2-10,17H,1H3. The topological polar surface area (TPSA) is 12.0 Å². The van der Waals surface area contributed by atoms with Crippen LogP contribution in [0, 0.1) is 0 Å². The Labute approximate surface area is 115 Å². The minimum atomic E-state index is 0.268. The highest BCUT2D eigenvalue weighted by Crippen LogP contribution is 2.22. The van der Waals surface area contributed by atoms with Crippen LogP contribution in [-0.4, -0.2) is 0 Å². The third-order valence-electron chi connectivity index (χ3n) is 2.60. The van der Waals surface area contributed by atoms with Gasteiger partial charge in [-0.25, -0.2) is 0 Å². The van der Waals surface area contributed by atoms with E-state index in [9.17, 15) is 0 Å². The quantitative estimate of drug-likeness (QED) is 0.813. The molecule has 1 N–H and O–H groups in total. The van der Waals surface area contributed by atoms with E-state index >= 15 is 0 Å². The number of nitrogens with one attached hydrogen (secondary N) is 1. The molecule has 0 aromatic heterocycles. The molecule has 2 rings (SSSR count). The first-order valence-electron chi connectivity index (χ1n) is 5.43. The maximum absolute atomic E-state index is 5.85. The summed E-state index contributed by atoms with van der Waals surface area (Å²) in [4.78, 5) is 0. The van der Waals surface area contributed by atoms with Crippen molar-refractivity contribution in [3.05, 3.63) is 63.6 Å². The Balaban J connectivity index is 2.08. The van der Waals surface area contributed by atoms with Crippen LogP contribution in [0.25, 0.3) is 0 Å². The number of anilines is 1. The van der Waals surface area contributed by atoms with Gasteiger partial charge in [-0.2, -0.15) is 0 Å². The van der Waals surface area contributed by atoms with Gasteiger partial charge in [0.25, 0.3) is 0 Å². The molecule has 17 heavy (non-hydrogen) atoms. The van der Waals surface area contributed by atoms with E-state index in [-0.39, 0.29) is 6.04 Å². The van der Waals surface area contributed by atoms with Crippen molar-refractivity contribution in [2.75, 3.05) is 5.32 Å². The highest BCUT2D eigenvalue weighted by molar-refractivity contribution is 9.10. The van der Waals surface area contributed by atoms with E-state index in [0.29, 0.717) is 0 Å². The van der Waals surface area contributed by atoms with Gasteiger partial charge in [0.05, 0.1) is 0 Å². The molecule has 2 aromatic rings. The van der Waals surface area contributed by atoms with Crippen LogP contribution in [0.3, 0.4) is 0 Å². The molecule has 1 unspecified atom stereocenters. The zero-order valence-electron chi connectivity index (χ0n) is 9.45. The Morgan fingerprint density at radius 2 is 1.59 bits per heavy atom. The molecule has 1 nitrogen and oxygen atoms in total. The van der Waals surface area contributed by atoms with Crippen molar-refractivity contribution in [1.29, 1.82) is 0 Å². The summed E-state index contributed by atoms with van der Waals surface area (Å²) >= 11 is 9.28. The summed E-state index contributed by atoms with van der Waals surface area (Å²) in [5, 5.41) is 4.19. The van der Waals surface area contributed by atoms with E-state index < -0.39 is 0 Å². The van der Waals surface area contributed by atoms with Crippen LogP contribution in [-0.2, 0) is 0 Å². The van der Waals surface area contributed by atoms with Crippen molar-refractivity contribution in [1.82, 2.24) is 0 Å². The van der Waals surface area contributed by atoms with Gasteiger partial charge in [0.1, 0.15) is 0 Å². The van der Waals surface area contributed by atoms with Gasteiger partial charge in [-0.3, -0.25) is 0 Å². The Bertz CT molecular complexity index is 479. The first-order chi connectivity index (χ1) is 8.15. The van der Waals surface area contributed by atoms with Gasteiger partial charge in [-0.15, -0.1) is 0 Å². The van der Waals surface area contributed by atoms with Gasteiger partial charge in [-0.05, 0) is 48.9 Å². The predicted octanol–water partition coefficient (Wildman–Crippen LogP) is 5.28. The van der Waals surface area contributed by atoms with Gasteiger partial charge in [-0.1, -0.05) is 39.7 Å². The summed E-state index contributed by atoms with van der Waals surface area (Å²) in [5.41, 5.74) is 2.33. The largest absolute Gasteiger partial charge is 0.379 e. The summed E-state index contributed by atoms with van der Waals surface area (Å²) in [5.74, 6) is 0. The lowest BCUT2D eigenvalue weighted by Crippen LogP contribution is -2.06. The maximum atomic E-state index is 5.85. The monoisotopic (exact) mass is 309 g/mol. The zero-order valence-corrected chi connectivity index (χ0v) is 11.8. The van der Waals surface area contributed by atoms with Crippen LogP contribution in [0.1, 0.15) is 18.5 Å². The minimum Gasteiger partial charge on any atom is -0.379 e. The molecule has 0 fully saturated rings. The molecular formula is C14H13BrClN. The average Bonchev–Trinajstić information content (AvgIpc) is 2.33. The van der Waals surface area contributed by atoms with Crippen molar-refractivity contribution in [2.24, 2.45) is 0 Å². The fourth-order valence-corrected chi connectivity index (χ4v) is 2.02. The third kappa shape index (κ3) is 3.48. The van der Waals surface area contributed by atoms with Crippen molar-refractivity contribution in [3.8, 4) is 0 Å². The van der Waals surface area contributed by atoms with Crippen LogP contribution >= 0.6 is 27.5 Å². The minimum absolute atomic E-state index is 0.268. The van der Waals surface area contributed by atoms with E-state index in [0.717, 1.165) is 15.2 Å². The van der Waals surface area contributed by atoms with Crippen molar-refractivity contribution in [2.45, 2.75) is 13.0 Å². The molecule has 2 aromatic carbocycles. The summed E-state index contributed by atoms with van der Waals surface area (Å²) in [6, 6.07) is 16.3. The van der Waals surface area contributed by atoms with Crippen LogP contribution in [0.2, 0.25) is 5.02 Å². The molecule has 0 amide bonds. The highest BCUT2D eigenvalue weighted by Gasteiger charge is 2.04. The molecule has 0 aliphatic heterocycles. The second kappa shape index (κ2) is 5.56. The summed E-state index contributed by atoms with van der Waals surface area (Å²) in [6.07, 6.45) is 0. The lowest BCUT2D eigenvalue weighted by atomic mass is 10.1. The van der Waals surface area contributed by atoms with Gasteiger partial charge in [0.2, 0.25) is 0 Å². The second-order valence-corrected chi connectivity index (χ2v) is 5.28. The van der Waals surface area contributed by atoms with Crippen LogP contribution in [0.5, 0.6) is 0 Å². The normalized spacial score (nSPS) is 12.2. The van der Waals surface area contributed by atoms with Crippen LogP contribution < -0.4 is 5.32 Å². The first-order valence-corrected chi connectivity index (χ1v) is 6.60. The zero-order chi connectivity index (χ0) is 12.3. The first kappa shape index (κ1) is 12.5. The molecule has 0 spiro atoms. The molecule has 3 heteroatoms. The molecule has 88 valence electrons. The van der Waals surface area contributed by atoms with E-state index in [4.69, 9.17) is 11.6 Å². The number of hydrogen-bond acceptors (Lipinski definition) is 1. The number of benzene rings is 2. The van der Waals surface area contributed by atoms with Gasteiger partial charge < -0.3 is 5.32 Å². The van der Waals surface area contributed by atoms with Gasteiger partial charge >= 0.3 is 0 Å². The molecule has 0 aliphatic rings. The van der Waals surface area contributed by atoms with Crippen molar-refractivity contribution in [3.63, 3.8) is 0 Å². The summed E-state index contributed by atoms with van der Waals surface area (Å²) in [6.45, 7) is 2.14. The van der Waals surface area contributed by atoms with Crippen molar-refractivity contribution >= 4 is 33.2 Å². The van der Waals surface area contributed by atoms with E-state index in [2.05, 4.69) is 52.4 Å². The van der Waals surface area contributed by atoms with E-state index in [1.165, 1.54) is 5.56 Å². The molecule has 0 heterocycles. The van der Waals surface area contributed by atoms with Crippen LogP contribution in [0.4, 0.5) is 5.69 Å². The van der Waals surface area contributed by atoms with E-state index in [1.54, 1.807) is 0 Å². The fourth-order valence-electron chi connectivity index (χ4n) is 1.63. The van der Waals surface area contributed by atoms with E-state index in [1.807, 2.05) is 24.3 Å². The molecule has 0 radical (unpaired) electrons. The average molecular weight is 311 g/mol. The Hall–Kier alpha value is -0.990. The second-order valence-electron chi connectivity index (χ2n) is 3.92. The lowest BCUT2D eigenvalue weighted by molar-refractivity contribution is 0.884. The van der Waals surface area contributed by atoms with Crippen molar-refractivity contribution < 1.29 is 0 Å². The van der Waals surface area contributed by atoms with Gasteiger partial charge in [0, 0.05) is 21.2 Å². The lowest BCUT2D eigenvalue weighted by Gasteiger charge is -2.15. The molecule has 0 aliphatic carbocycles. The number of hydrogen-bond donors (Lipinski definition) is 1.